The van der Waals surface area contributed by atoms with Gasteiger partial charge in [0.25, 0.3) is 0 Å². The fraction of sp³-hybridized carbons (Fsp3) is 0.400. The molecular weight excluding hydrogens is 243 g/mol. The first kappa shape index (κ1) is 13.3. The summed E-state index contributed by atoms with van der Waals surface area (Å²) < 4.78 is 43.6. The lowest BCUT2D eigenvalue weighted by Crippen LogP contribution is -2.34. The smallest absolute Gasteiger partial charge is 0.194 e. The van der Waals surface area contributed by atoms with Crippen molar-refractivity contribution >= 4 is 12.4 Å². The molecule has 1 aliphatic heterocycles. The highest BCUT2D eigenvalue weighted by molar-refractivity contribution is 5.85. The molecule has 1 aliphatic rings. The van der Waals surface area contributed by atoms with Crippen molar-refractivity contribution in [2.45, 2.75) is 6.04 Å². The Bertz CT molecular complexity index is 346. The van der Waals surface area contributed by atoms with Gasteiger partial charge in [-0.15, -0.1) is 12.4 Å². The monoisotopic (exact) mass is 253 g/mol. The van der Waals surface area contributed by atoms with E-state index in [1.165, 1.54) is 0 Å². The van der Waals surface area contributed by atoms with E-state index in [4.69, 9.17) is 4.74 Å². The Morgan fingerprint density at radius 2 is 1.81 bits per heavy atom. The molecule has 16 heavy (non-hydrogen) atoms. The van der Waals surface area contributed by atoms with E-state index < -0.39 is 17.5 Å². The molecule has 6 heteroatoms. The van der Waals surface area contributed by atoms with Crippen LogP contribution in [-0.4, -0.2) is 19.8 Å². The highest BCUT2D eigenvalue weighted by atomic mass is 35.5. The van der Waals surface area contributed by atoms with Gasteiger partial charge in [-0.25, -0.2) is 13.2 Å². The van der Waals surface area contributed by atoms with E-state index in [1.807, 2.05) is 0 Å². The molecule has 90 valence electrons. The number of nitrogens with one attached hydrogen (secondary N) is 1. The summed E-state index contributed by atoms with van der Waals surface area (Å²) in [6, 6.07) is 1.71. The first-order valence-electron chi connectivity index (χ1n) is 4.64. The van der Waals surface area contributed by atoms with Crippen LogP contribution in [0.5, 0.6) is 0 Å². The van der Waals surface area contributed by atoms with E-state index >= 15 is 0 Å². The molecule has 1 aromatic carbocycles. The van der Waals surface area contributed by atoms with Crippen molar-refractivity contribution in [2.24, 2.45) is 0 Å². The summed E-state index contributed by atoms with van der Waals surface area (Å²) in [6.07, 6.45) is 0. The van der Waals surface area contributed by atoms with Gasteiger partial charge in [-0.2, -0.15) is 0 Å². The van der Waals surface area contributed by atoms with Gasteiger partial charge < -0.3 is 10.1 Å². The van der Waals surface area contributed by atoms with Crippen LogP contribution in [-0.2, 0) is 4.74 Å². The molecule has 0 spiro atoms. The van der Waals surface area contributed by atoms with Crippen LogP contribution in [0.2, 0.25) is 0 Å². The second-order valence-corrected chi connectivity index (χ2v) is 3.38. The van der Waals surface area contributed by atoms with Crippen LogP contribution in [0.1, 0.15) is 11.6 Å². The molecule has 2 nitrogen and oxygen atoms in total. The first-order valence-corrected chi connectivity index (χ1v) is 4.64. The van der Waals surface area contributed by atoms with Gasteiger partial charge in [0.05, 0.1) is 19.3 Å². The predicted octanol–water partition coefficient (Wildman–Crippen LogP) is 2.19. The fourth-order valence-corrected chi connectivity index (χ4v) is 1.56. The Morgan fingerprint density at radius 1 is 1.19 bits per heavy atom. The van der Waals surface area contributed by atoms with Crippen molar-refractivity contribution in [3.05, 3.63) is 35.1 Å². The van der Waals surface area contributed by atoms with Crippen LogP contribution in [0.3, 0.4) is 0 Å². The first-order chi connectivity index (χ1) is 7.18. The number of halogens is 4. The van der Waals surface area contributed by atoms with Gasteiger partial charge in [0.1, 0.15) is 0 Å². The Hall–Kier alpha value is -0.780. The maximum atomic E-state index is 12.9. The quantitative estimate of drug-likeness (QED) is 0.775. The summed E-state index contributed by atoms with van der Waals surface area (Å²) in [5.41, 5.74) is 0.367. The standard InChI is InChI=1S/C10H10F3NO.ClH/c11-7-3-6(4-8(12)10(7)13)9-5-15-2-1-14-9;/h3-4,9,14H,1-2,5H2;1H/t9-;/m1./s1. The van der Waals surface area contributed by atoms with Gasteiger partial charge in [-0.1, -0.05) is 0 Å². The zero-order chi connectivity index (χ0) is 10.8. The highest BCUT2D eigenvalue weighted by Crippen LogP contribution is 2.20. The third kappa shape index (κ3) is 2.66. The van der Waals surface area contributed by atoms with Crippen molar-refractivity contribution in [1.82, 2.24) is 5.32 Å². The average molecular weight is 254 g/mol. The van der Waals surface area contributed by atoms with Gasteiger partial charge >= 0.3 is 0 Å². The Kier molecular flexibility index (Phi) is 4.58. The fourth-order valence-electron chi connectivity index (χ4n) is 1.56. The summed E-state index contributed by atoms with van der Waals surface area (Å²) >= 11 is 0. The van der Waals surface area contributed by atoms with Crippen molar-refractivity contribution in [2.75, 3.05) is 19.8 Å². The van der Waals surface area contributed by atoms with Crippen molar-refractivity contribution in [1.29, 1.82) is 0 Å². The number of hydrogen-bond acceptors (Lipinski definition) is 2. The van der Waals surface area contributed by atoms with Gasteiger partial charge in [-0.3, -0.25) is 0 Å². The van der Waals surface area contributed by atoms with Crippen LogP contribution >= 0.6 is 12.4 Å². The van der Waals surface area contributed by atoms with E-state index in [0.717, 1.165) is 12.1 Å². The molecule has 1 saturated heterocycles. The van der Waals surface area contributed by atoms with E-state index in [9.17, 15) is 13.2 Å². The van der Waals surface area contributed by atoms with Crippen LogP contribution in [0.4, 0.5) is 13.2 Å². The number of hydrogen-bond donors (Lipinski definition) is 1. The summed E-state index contributed by atoms with van der Waals surface area (Å²) in [6.45, 7) is 1.53. The van der Waals surface area contributed by atoms with Gasteiger partial charge in [0.2, 0.25) is 0 Å². The second kappa shape index (κ2) is 5.52. The largest absolute Gasteiger partial charge is 0.378 e. The summed E-state index contributed by atoms with van der Waals surface area (Å²) in [5, 5.41) is 3.03. The summed E-state index contributed by atoms with van der Waals surface area (Å²) in [7, 11) is 0. The van der Waals surface area contributed by atoms with Crippen molar-refractivity contribution < 1.29 is 17.9 Å². The second-order valence-electron chi connectivity index (χ2n) is 3.38. The minimum Gasteiger partial charge on any atom is -0.378 e. The van der Waals surface area contributed by atoms with Crippen molar-refractivity contribution in [3.8, 4) is 0 Å². The Labute approximate surface area is 97.2 Å². The van der Waals surface area contributed by atoms with E-state index in [-0.39, 0.29) is 18.4 Å². The molecule has 0 radical (unpaired) electrons. The third-order valence-electron chi connectivity index (χ3n) is 2.33. The molecule has 2 rings (SSSR count). The third-order valence-corrected chi connectivity index (χ3v) is 2.33. The van der Waals surface area contributed by atoms with Crippen LogP contribution < -0.4 is 5.32 Å². The lowest BCUT2D eigenvalue weighted by molar-refractivity contribution is 0.0766. The van der Waals surface area contributed by atoms with Crippen LogP contribution in [0.15, 0.2) is 12.1 Å². The van der Waals surface area contributed by atoms with Crippen LogP contribution in [0.25, 0.3) is 0 Å². The molecule has 0 unspecified atom stereocenters. The van der Waals surface area contributed by atoms with Gasteiger partial charge in [-0.05, 0) is 17.7 Å². The van der Waals surface area contributed by atoms with E-state index in [1.54, 1.807) is 0 Å². The molecular formula is C10H11ClF3NO. The Morgan fingerprint density at radius 3 is 2.31 bits per heavy atom. The maximum Gasteiger partial charge on any atom is 0.194 e. The lowest BCUT2D eigenvalue weighted by atomic mass is 10.1. The van der Waals surface area contributed by atoms with E-state index in [2.05, 4.69) is 5.32 Å². The minimum absolute atomic E-state index is 0. The highest BCUT2D eigenvalue weighted by Gasteiger charge is 2.19. The molecule has 1 aromatic rings. The number of ether oxygens (including phenoxy) is 1. The zero-order valence-electron chi connectivity index (χ0n) is 8.30. The normalized spacial score (nSPS) is 20.3. The lowest BCUT2D eigenvalue weighted by Gasteiger charge is -2.24. The zero-order valence-corrected chi connectivity index (χ0v) is 9.12. The minimum atomic E-state index is -1.43. The van der Waals surface area contributed by atoms with Crippen molar-refractivity contribution in [3.63, 3.8) is 0 Å². The number of benzene rings is 1. The Balaban J connectivity index is 0.00000128. The summed E-state index contributed by atoms with van der Waals surface area (Å²) in [5.74, 6) is -3.77. The van der Waals surface area contributed by atoms with Gasteiger partial charge in [0, 0.05) is 6.54 Å². The molecule has 1 heterocycles. The number of rotatable bonds is 1. The molecule has 0 aliphatic carbocycles. The average Bonchev–Trinajstić information content (AvgIpc) is 2.26. The van der Waals surface area contributed by atoms with Crippen LogP contribution in [0, 0.1) is 17.5 Å². The molecule has 0 bridgehead atoms. The summed E-state index contributed by atoms with van der Waals surface area (Å²) in [4.78, 5) is 0. The molecule has 0 saturated carbocycles. The molecule has 1 fully saturated rings. The van der Waals surface area contributed by atoms with Gasteiger partial charge in [0.15, 0.2) is 17.5 Å². The topological polar surface area (TPSA) is 21.3 Å². The molecule has 0 amide bonds. The molecule has 1 N–H and O–H groups in total. The molecule has 1 atom stereocenters. The predicted molar refractivity (Wildman–Crippen MR) is 55.1 cm³/mol. The number of morpholine rings is 1. The SMILES string of the molecule is Cl.Fc1cc([C@H]2COCCN2)cc(F)c1F. The maximum absolute atomic E-state index is 12.9. The molecule has 0 aromatic heterocycles. The van der Waals surface area contributed by atoms with E-state index in [0.29, 0.717) is 25.3 Å².